The molecule has 1 amide bonds. The van der Waals surface area contributed by atoms with E-state index in [2.05, 4.69) is 4.99 Å². The highest BCUT2D eigenvalue weighted by Gasteiger charge is 2.50. The average Bonchev–Trinajstić information content (AvgIpc) is 3.12. The summed E-state index contributed by atoms with van der Waals surface area (Å²) in [6.07, 6.45) is -4.59. The van der Waals surface area contributed by atoms with Crippen molar-refractivity contribution in [2.75, 3.05) is 16.4 Å². The van der Waals surface area contributed by atoms with Crippen molar-refractivity contribution in [1.29, 1.82) is 0 Å². The quantitative estimate of drug-likeness (QED) is 0.617. The molecule has 0 aliphatic carbocycles. The van der Waals surface area contributed by atoms with Crippen LogP contribution < -0.4 is 4.90 Å². The van der Waals surface area contributed by atoms with E-state index in [1.54, 1.807) is 6.07 Å². The van der Waals surface area contributed by atoms with E-state index in [1.807, 2.05) is 25.1 Å². The minimum absolute atomic E-state index is 0.0132. The van der Waals surface area contributed by atoms with Crippen molar-refractivity contribution in [3.8, 4) is 0 Å². The van der Waals surface area contributed by atoms with E-state index in [0.29, 0.717) is 0 Å². The van der Waals surface area contributed by atoms with Gasteiger partial charge in [0.2, 0.25) is 0 Å². The monoisotopic (exact) mass is 502 g/mol. The Morgan fingerprint density at radius 1 is 1.22 bits per heavy atom. The molecule has 2 aliphatic rings. The molecule has 0 saturated carbocycles. The van der Waals surface area contributed by atoms with Crippen molar-refractivity contribution in [3.05, 3.63) is 64.2 Å². The number of alkyl halides is 3. The lowest BCUT2D eigenvalue weighted by atomic mass is 10.1. The number of carbonyl (C=O) groups is 1. The number of anilines is 1. The van der Waals surface area contributed by atoms with E-state index in [9.17, 15) is 26.4 Å². The maximum atomic E-state index is 13.3. The number of fused-ring (bicyclic) bond motifs is 1. The maximum absolute atomic E-state index is 13.3. The third-order valence-corrected chi connectivity index (χ3v) is 8.79. The fraction of sp³-hybridized carbons (Fsp3) is 0.333. The van der Waals surface area contributed by atoms with Crippen molar-refractivity contribution in [1.82, 2.24) is 0 Å². The second-order valence-electron chi connectivity index (χ2n) is 7.79. The number of benzene rings is 2. The molecule has 2 heterocycles. The zero-order valence-corrected chi connectivity index (χ0v) is 19.2. The Bertz CT molecular complexity index is 1220. The Morgan fingerprint density at radius 2 is 1.97 bits per heavy atom. The molecule has 32 heavy (non-hydrogen) atoms. The first-order chi connectivity index (χ1) is 14.9. The summed E-state index contributed by atoms with van der Waals surface area (Å²) in [6.45, 7) is 1.89. The minimum Gasteiger partial charge on any atom is -0.314 e. The highest BCUT2D eigenvalue weighted by molar-refractivity contribution is 8.16. The number of aryl methyl sites for hydroxylation is 1. The van der Waals surface area contributed by atoms with E-state index < -0.39 is 38.8 Å². The van der Waals surface area contributed by atoms with Gasteiger partial charge < -0.3 is 4.90 Å². The molecule has 0 aromatic heterocycles. The first-order valence-corrected chi connectivity index (χ1v) is 12.7. The van der Waals surface area contributed by atoms with Gasteiger partial charge in [-0.3, -0.25) is 4.79 Å². The maximum Gasteiger partial charge on any atom is 0.416 e. The molecule has 0 bridgehead atoms. The Morgan fingerprint density at radius 3 is 2.66 bits per heavy atom. The summed E-state index contributed by atoms with van der Waals surface area (Å²) >= 11 is 7.32. The summed E-state index contributed by atoms with van der Waals surface area (Å²) in [5.74, 6) is -0.864. The van der Waals surface area contributed by atoms with Crippen molar-refractivity contribution >= 4 is 50.0 Å². The first kappa shape index (κ1) is 23.1. The predicted octanol–water partition coefficient (Wildman–Crippen LogP) is 4.51. The lowest BCUT2D eigenvalue weighted by Gasteiger charge is -2.26. The molecular weight excluding hydrogens is 485 g/mol. The number of hydrogen-bond donors (Lipinski definition) is 0. The van der Waals surface area contributed by atoms with Crippen LogP contribution in [-0.2, 0) is 27.2 Å². The normalized spacial score (nSPS) is 23.5. The van der Waals surface area contributed by atoms with Crippen LogP contribution in [0.15, 0.2) is 47.5 Å². The van der Waals surface area contributed by atoms with Gasteiger partial charge >= 0.3 is 6.18 Å². The van der Waals surface area contributed by atoms with Gasteiger partial charge in [0.15, 0.2) is 15.0 Å². The van der Waals surface area contributed by atoms with Gasteiger partial charge in [-0.05, 0) is 30.7 Å². The minimum atomic E-state index is -4.61. The number of thioether (sulfide) groups is 1. The van der Waals surface area contributed by atoms with E-state index in [4.69, 9.17) is 11.6 Å². The summed E-state index contributed by atoms with van der Waals surface area (Å²) in [7, 11) is -3.37. The number of hydrogen-bond acceptors (Lipinski definition) is 4. The van der Waals surface area contributed by atoms with Crippen LogP contribution in [0.2, 0.25) is 5.02 Å². The van der Waals surface area contributed by atoms with E-state index in [1.165, 1.54) is 4.90 Å². The van der Waals surface area contributed by atoms with Crippen molar-refractivity contribution < 1.29 is 26.4 Å². The van der Waals surface area contributed by atoms with Crippen LogP contribution in [0.5, 0.6) is 0 Å². The molecule has 11 heteroatoms. The van der Waals surface area contributed by atoms with Gasteiger partial charge in [0, 0.05) is 5.25 Å². The molecule has 2 aliphatic heterocycles. The Balaban J connectivity index is 1.72. The molecule has 5 nitrogen and oxygen atoms in total. The molecule has 2 fully saturated rings. The number of sulfone groups is 1. The Kier molecular flexibility index (Phi) is 6.06. The molecule has 170 valence electrons. The molecule has 2 aromatic rings. The van der Waals surface area contributed by atoms with Crippen LogP contribution in [0, 0.1) is 6.92 Å². The number of carbonyl (C=O) groups excluding carboxylic acids is 1. The molecular formula is C21H18ClF3N2O3S2. The van der Waals surface area contributed by atoms with Crippen LogP contribution in [0.4, 0.5) is 18.9 Å². The Labute approximate surface area is 192 Å². The molecule has 2 atom stereocenters. The molecule has 0 unspecified atom stereocenters. The Hall–Kier alpha value is -2.04. The summed E-state index contributed by atoms with van der Waals surface area (Å²) in [6, 6.07) is 9.54. The van der Waals surface area contributed by atoms with E-state index in [-0.39, 0.29) is 33.8 Å². The number of amides is 1. The SMILES string of the molecule is Cc1cccc(CC(=O)N=C2S[C@@H]3CS(=O)(=O)C[C@H]3N2c2cc(C(F)(F)F)ccc2Cl)c1. The zero-order valence-electron chi connectivity index (χ0n) is 16.8. The van der Waals surface area contributed by atoms with Gasteiger partial charge in [-0.25, -0.2) is 8.42 Å². The standard InChI is InChI=1S/C21H18ClF3N2O3S2/c1-12-3-2-4-13(7-12)8-19(28)26-20-27(17-10-32(29,30)11-18(17)31-20)16-9-14(21(23,24)25)5-6-15(16)22/h2-7,9,17-18H,8,10-11H2,1H3/t17-,18-/m1/s1. The molecule has 0 radical (unpaired) electrons. The molecule has 0 N–H and O–H groups in total. The number of nitrogens with zero attached hydrogens (tertiary/aromatic N) is 2. The molecule has 4 rings (SSSR count). The average molecular weight is 503 g/mol. The van der Waals surface area contributed by atoms with Gasteiger partial charge in [-0.15, -0.1) is 0 Å². The molecule has 0 spiro atoms. The van der Waals surface area contributed by atoms with Crippen LogP contribution in [-0.4, -0.2) is 42.3 Å². The number of halogens is 4. The van der Waals surface area contributed by atoms with Crippen LogP contribution in [0.25, 0.3) is 0 Å². The number of rotatable bonds is 3. The van der Waals surface area contributed by atoms with E-state index in [0.717, 1.165) is 41.1 Å². The highest BCUT2D eigenvalue weighted by atomic mass is 35.5. The largest absolute Gasteiger partial charge is 0.416 e. The zero-order chi connectivity index (χ0) is 23.3. The summed E-state index contributed by atoms with van der Waals surface area (Å²) < 4.78 is 64.3. The highest BCUT2D eigenvalue weighted by Crippen LogP contribution is 2.44. The van der Waals surface area contributed by atoms with Gasteiger partial charge in [-0.1, -0.05) is 53.2 Å². The summed E-state index contributed by atoms with van der Waals surface area (Å²) in [4.78, 5) is 18.2. The lowest BCUT2D eigenvalue weighted by molar-refractivity contribution is -0.137. The van der Waals surface area contributed by atoms with Crippen LogP contribution >= 0.6 is 23.4 Å². The first-order valence-electron chi connectivity index (χ1n) is 9.63. The smallest absolute Gasteiger partial charge is 0.314 e. The number of aliphatic imine (C=N–C) groups is 1. The lowest BCUT2D eigenvalue weighted by Crippen LogP contribution is -2.38. The third kappa shape index (κ3) is 4.82. The third-order valence-electron chi connectivity index (χ3n) is 5.26. The predicted molar refractivity (Wildman–Crippen MR) is 120 cm³/mol. The fourth-order valence-corrected chi connectivity index (χ4v) is 8.00. The molecule has 2 aromatic carbocycles. The van der Waals surface area contributed by atoms with Gasteiger partial charge in [-0.2, -0.15) is 18.2 Å². The summed E-state index contributed by atoms with van der Waals surface area (Å²) in [5.41, 5.74) is 0.807. The molecule has 2 saturated heterocycles. The van der Waals surface area contributed by atoms with Crippen molar-refractivity contribution in [2.45, 2.75) is 30.8 Å². The van der Waals surface area contributed by atoms with Gasteiger partial charge in [0.1, 0.15) is 0 Å². The summed E-state index contributed by atoms with van der Waals surface area (Å²) in [5, 5.41) is -0.271. The van der Waals surface area contributed by atoms with Crippen molar-refractivity contribution in [3.63, 3.8) is 0 Å². The topological polar surface area (TPSA) is 66.8 Å². The van der Waals surface area contributed by atoms with Crippen LogP contribution in [0.3, 0.4) is 0 Å². The van der Waals surface area contributed by atoms with Gasteiger partial charge in [0.05, 0.1) is 40.2 Å². The second-order valence-corrected chi connectivity index (χ2v) is 11.6. The van der Waals surface area contributed by atoms with Crippen molar-refractivity contribution in [2.24, 2.45) is 4.99 Å². The van der Waals surface area contributed by atoms with E-state index >= 15 is 0 Å². The van der Waals surface area contributed by atoms with Crippen LogP contribution in [0.1, 0.15) is 16.7 Å². The van der Waals surface area contributed by atoms with Gasteiger partial charge in [0.25, 0.3) is 5.91 Å². The second kappa shape index (κ2) is 8.39. The fourth-order valence-electron chi connectivity index (χ4n) is 3.86. The number of amidine groups is 1.